The first-order valence-electron chi connectivity index (χ1n) is 7.54. The zero-order chi connectivity index (χ0) is 14.9. The van der Waals surface area contributed by atoms with E-state index < -0.39 is 0 Å². The number of hydrogen-bond acceptors (Lipinski definition) is 4. The van der Waals surface area contributed by atoms with E-state index in [-0.39, 0.29) is 6.10 Å². The summed E-state index contributed by atoms with van der Waals surface area (Å²) < 4.78 is 16.3. The molecule has 21 heavy (non-hydrogen) atoms. The smallest absolute Gasteiger partial charge is 0.138 e. The summed E-state index contributed by atoms with van der Waals surface area (Å²) in [6, 6.07) is 3.83. The molecule has 0 N–H and O–H groups in total. The van der Waals surface area contributed by atoms with Crippen LogP contribution in [0.2, 0.25) is 0 Å². The van der Waals surface area contributed by atoms with Gasteiger partial charge in [0.25, 0.3) is 0 Å². The summed E-state index contributed by atoms with van der Waals surface area (Å²) in [5.74, 6) is 6.94. The third kappa shape index (κ3) is 5.37. The lowest BCUT2D eigenvalue weighted by Crippen LogP contribution is -2.39. The molecule has 1 fully saturated rings. The summed E-state index contributed by atoms with van der Waals surface area (Å²) in [4.78, 5) is 4.30. The van der Waals surface area contributed by atoms with Gasteiger partial charge < -0.3 is 14.2 Å². The van der Waals surface area contributed by atoms with Gasteiger partial charge in [0.2, 0.25) is 0 Å². The van der Waals surface area contributed by atoms with Gasteiger partial charge in [-0.3, -0.25) is 0 Å². The number of pyridine rings is 1. The second kappa shape index (κ2) is 8.66. The van der Waals surface area contributed by atoms with Gasteiger partial charge in [0, 0.05) is 39.6 Å². The molecule has 0 amide bonds. The van der Waals surface area contributed by atoms with Gasteiger partial charge in [0.1, 0.15) is 17.5 Å². The first-order chi connectivity index (χ1) is 10.3. The minimum atomic E-state index is 0.259. The number of hydrogen-bond donors (Lipinski definition) is 0. The van der Waals surface area contributed by atoms with Crippen LogP contribution in [0.5, 0.6) is 5.75 Å². The Morgan fingerprint density at radius 2 is 2.14 bits per heavy atom. The predicted octanol–water partition coefficient (Wildman–Crippen LogP) is 2.81. The van der Waals surface area contributed by atoms with Gasteiger partial charge in [-0.1, -0.05) is 5.92 Å². The molecule has 114 valence electrons. The van der Waals surface area contributed by atoms with Crippen molar-refractivity contribution in [1.29, 1.82) is 0 Å². The number of unbranched alkanes of at least 4 members (excludes halogenated alkanes) is 1. The molecule has 0 saturated heterocycles. The van der Waals surface area contributed by atoms with Crippen LogP contribution in [-0.4, -0.2) is 37.5 Å². The molecule has 1 heterocycles. The van der Waals surface area contributed by atoms with Crippen molar-refractivity contribution in [2.24, 2.45) is 0 Å². The molecular formula is C17H23NO3. The van der Waals surface area contributed by atoms with E-state index in [9.17, 15) is 0 Å². The van der Waals surface area contributed by atoms with Crippen molar-refractivity contribution in [2.45, 2.75) is 44.8 Å². The average molecular weight is 289 g/mol. The van der Waals surface area contributed by atoms with Crippen LogP contribution in [0.25, 0.3) is 0 Å². The molecule has 0 aliphatic heterocycles. The molecule has 0 spiro atoms. The fourth-order valence-electron chi connectivity index (χ4n) is 2.16. The molecular weight excluding hydrogens is 266 g/mol. The summed E-state index contributed by atoms with van der Waals surface area (Å²) >= 11 is 0. The Morgan fingerprint density at radius 1 is 1.29 bits per heavy atom. The first-order valence-corrected chi connectivity index (χ1v) is 7.54. The normalized spacial score (nSPS) is 20.3. The number of rotatable bonds is 7. The van der Waals surface area contributed by atoms with E-state index in [4.69, 9.17) is 14.2 Å². The second-order valence-corrected chi connectivity index (χ2v) is 5.07. The van der Waals surface area contributed by atoms with E-state index in [1.54, 1.807) is 13.3 Å². The third-order valence-electron chi connectivity index (χ3n) is 3.36. The Bertz CT molecular complexity index is 469. The fourth-order valence-corrected chi connectivity index (χ4v) is 2.16. The molecule has 4 heteroatoms. The van der Waals surface area contributed by atoms with Crippen LogP contribution in [0.3, 0.4) is 0 Å². The van der Waals surface area contributed by atoms with E-state index in [0.717, 1.165) is 50.3 Å². The van der Waals surface area contributed by atoms with Crippen molar-refractivity contribution in [2.75, 3.05) is 20.3 Å². The molecule has 1 saturated carbocycles. The van der Waals surface area contributed by atoms with E-state index >= 15 is 0 Å². The lowest BCUT2D eigenvalue weighted by atomic mass is 9.92. The molecule has 0 aromatic carbocycles. The molecule has 4 nitrogen and oxygen atoms in total. The highest BCUT2D eigenvalue weighted by molar-refractivity contribution is 5.31. The quantitative estimate of drug-likeness (QED) is 0.571. The summed E-state index contributed by atoms with van der Waals surface area (Å²) in [5, 5.41) is 0. The molecule has 1 aromatic heterocycles. The third-order valence-corrected chi connectivity index (χ3v) is 3.36. The molecule has 0 atom stereocenters. The number of methoxy groups -OCH3 is 1. The zero-order valence-corrected chi connectivity index (χ0v) is 12.8. The fraction of sp³-hybridized carbons (Fsp3) is 0.588. The first kappa shape index (κ1) is 15.8. The van der Waals surface area contributed by atoms with Gasteiger partial charge in [-0.2, -0.15) is 0 Å². The maximum Gasteiger partial charge on any atom is 0.138 e. The van der Waals surface area contributed by atoms with Crippen LogP contribution in [-0.2, 0) is 9.47 Å². The van der Waals surface area contributed by atoms with Gasteiger partial charge in [0.15, 0.2) is 0 Å². The predicted molar refractivity (Wildman–Crippen MR) is 81.3 cm³/mol. The van der Waals surface area contributed by atoms with E-state index in [1.807, 2.05) is 19.1 Å². The zero-order valence-electron chi connectivity index (χ0n) is 12.8. The molecule has 0 unspecified atom stereocenters. The number of ether oxygens (including phenoxy) is 3. The van der Waals surface area contributed by atoms with Crippen molar-refractivity contribution in [3.05, 3.63) is 24.0 Å². The molecule has 0 radical (unpaired) electrons. The van der Waals surface area contributed by atoms with E-state index in [1.165, 1.54) is 0 Å². The van der Waals surface area contributed by atoms with Crippen molar-refractivity contribution in [3.8, 4) is 17.6 Å². The Hall–Kier alpha value is -1.57. The van der Waals surface area contributed by atoms with E-state index in [0.29, 0.717) is 6.10 Å². The van der Waals surface area contributed by atoms with Crippen molar-refractivity contribution < 1.29 is 14.2 Å². The lowest BCUT2D eigenvalue weighted by Gasteiger charge is -2.34. The van der Waals surface area contributed by atoms with Crippen LogP contribution < -0.4 is 4.74 Å². The van der Waals surface area contributed by atoms with Gasteiger partial charge in [-0.05, 0) is 31.4 Å². The Labute approximate surface area is 126 Å². The van der Waals surface area contributed by atoms with Crippen LogP contribution >= 0.6 is 0 Å². The molecule has 0 bridgehead atoms. The van der Waals surface area contributed by atoms with Gasteiger partial charge in [-0.15, -0.1) is 0 Å². The Balaban J connectivity index is 1.72. The largest absolute Gasteiger partial charge is 0.489 e. The maximum atomic E-state index is 5.83. The summed E-state index contributed by atoms with van der Waals surface area (Å²) in [5.41, 5.74) is 0.778. The SMILES string of the molecule is CCO[C@H]1C[C@H](Oc2ccc(C#CCCCOC)nc2)C1. The summed E-state index contributed by atoms with van der Waals surface area (Å²) in [6.45, 7) is 3.54. The van der Waals surface area contributed by atoms with Gasteiger partial charge >= 0.3 is 0 Å². The number of nitrogens with zero attached hydrogens (tertiary/aromatic N) is 1. The Morgan fingerprint density at radius 3 is 2.81 bits per heavy atom. The lowest BCUT2D eigenvalue weighted by molar-refractivity contribution is -0.0564. The molecule has 1 aromatic rings. The van der Waals surface area contributed by atoms with Crippen molar-refractivity contribution in [3.63, 3.8) is 0 Å². The van der Waals surface area contributed by atoms with Gasteiger partial charge in [0.05, 0.1) is 12.3 Å². The highest BCUT2D eigenvalue weighted by Gasteiger charge is 2.31. The van der Waals surface area contributed by atoms with Crippen molar-refractivity contribution >= 4 is 0 Å². The van der Waals surface area contributed by atoms with Crippen LogP contribution in [0.1, 0.15) is 38.3 Å². The molecule has 1 aliphatic carbocycles. The minimum absolute atomic E-state index is 0.259. The average Bonchev–Trinajstić information content (AvgIpc) is 2.46. The highest BCUT2D eigenvalue weighted by Crippen LogP contribution is 2.27. The number of aromatic nitrogens is 1. The van der Waals surface area contributed by atoms with Gasteiger partial charge in [-0.25, -0.2) is 4.98 Å². The molecule has 1 aliphatic rings. The van der Waals surface area contributed by atoms with Crippen LogP contribution in [0, 0.1) is 11.8 Å². The van der Waals surface area contributed by atoms with Crippen LogP contribution in [0.15, 0.2) is 18.3 Å². The Kier molecular flexibility index (Phi) is 6.52. The summed E-state index contributed by atoms with van der Waals surface area (Å²) in [7, 11) is 1.70. The topological polar surface area (TPSA) is 40.6 Å². The second-order valence-electron chi connectivity index (χ2n) is 5.07. The standard InChI is InChI=1S/C17H23NO3/c1-3-20-16-11-17(12-16)21-15-9-8-14(18-13-15)7-5-4-6-10-19-2/h8-9,13,16-17H,3-4,6,10-12H2,1-2H3/t16-,17-. The monoisotopic (exact) mass is 289 g/mol. The molecule has 2 rings (SSSR count). The van der Waals surface area contributed by atoms with Crippen LogP contribution in [0.4, 0.5) is 0 Å². The van der Waals surface area contributed by atoms with Crippen molar-refractivity contribution in [1.82, 2.24) is 4.98 Å². The highest BCUT2D eigenvalue weighted by atomic mass is 16.5. The summed E-state index contributed by atoms with van der Waals surface area (Å²) in [6.07, 6.45) is 6.08. The maximum absolute atomic E-state index is 5.83. The van der Waals surface area contributed by atoms with E-state index in [2.05, 4.69) is 16.8 Å². The minimum Gasteiger partial charge on any atom is -0.489 e.